The predicted octanol–water partition coefficient (Wildman–Crippen LogP) is 6.73. The minimum absolute atomic E-state index is 0.115. The molecule has 0 spiro atoms. The maximum absolute atomic E-state index is 13.6. The predicted molar refractivity (Wildman–Crippen MR) is 163 cm³/mol. The zero-order valence-electron chi connectivity index (χ0n) is 23.1. The van der Waals surface area contributed by atoms with Gasteiger partial charge >= 0.3 is 0 Å². The van der Waals surface area contributed by atoms with Gasteiger partial charge in [-0.1, -0.05) is 93.1 Å². The molecule has 0 saturated heterocycles. The first-order valence-electron chi connectivity index (χ1n) is 14.6. The van der Waals surface area contributed by atoms with E-state index in [0.29, 0.717) is 11.1 Å². The maximum atomic E-state index is 13.6. The molecule has 1 atom stereocenters. The van der Waals surface area contributed by atoms with Gasteiger partial charge in [-0.25, -0.2) is 0 Å². The summed E-state index contributed by atoms with van der Waals surface area (Å²) in [5.41, 5.74) is 4.13. The highest BCUT2D eigenvalue weighted by Gasteiger charge is 2.33. The standard InChI is InChI=1S/C36H34N2O2/c1-3-5-19-37-29-17-9-13-23-11-7-15-25(33(23)29)31(37)21-27-35(39)28(36(27)40)22-32-26-16-8-12-24-14-10-18-30(34(24)26)38(32)20-6-4-2/h7-18,21-22,31,39H,3-6,19-20H2,1-2H3/p-1/b27-21-,32-22+. The number of carbonyl (C=O) groups is 1. The highest BCUT2D eigenvalue weighted by atomic mass is 16.3. The van der Waals surface area contributed by atoms with Gasteiger partial charge in [-0.2, -0.15) is 0 Å². The van der Waals surface area contributed by atoms with Crippen LogP contribution in [0, 0.1) is 0 Å². The molecule has 7 rings (SSSR count). The molecule has 0 N–H and O–H groups in total. The van der Waals surface area contributed by atoms with E-state index in [-0.39, 0.29) is 17.6 Å². The molecule has 0 bridgehead atoms. The van der Waals surface area contributed by atoms with E-state index in [4.69, 9.17) is 0 Å². The van der Waals surface area contributed by atoms with Crippen molar-refractivity contribution in [1.82, 2.24) is 4.57 Å². The Balaban J connectivity index is 1.35. The lowest BCUT2D eigenvalue weighted by Gasteiger charge is -2.32. The van der Waals surface area contributed by atoms with Gasteiger partial charge in [0, 0.05) is 56.9 Å². The average Bonchev–Trinajstić information content (AvgIpc) is 3.46. The third-order valence-corrected chi connectivity index (χ3v) is 8.69. The Morgan fingerprint density at radius 3 is 2.25 bits per heavy atom. The lowest BCUT2D eigenvalue weighted by molar-refractivity contribution is -0.300. The van der Waals surface area contributed by atoms with Gasteiger partial charge in [-0.15, -0.1) is 0 Å². The highest BCUT2D eigenvalue weighted by Crippen LogP contribution is 2.46. The second kappa shape index (κ2) is 9.71. The summed E-state index contributed by atoms with van der Waals surface area (Å²) in [6, 6.07) is 25.3. The van der Waals surface area contributed by atoms with Crippen molar-refractivity contribution in [3.8, 4) is 0 Å². The number of Topliss-reactive ketones (excluding diaryl/α,β-unsaturated/α-hetero) is 1. The number of benzene rings is 4. The van der Waals surface area contributed by atoms with Crippen LogP contribution in [0.1, 0.15) is 51.1 Å². The monoisotopic (exact) mass is 525 g/mol. The lowest BCUT2D eigenvalue weighted by atomic mass is 9.85. The largest absolute Gasteiger partial charge is 0.871 e. The summed E-state index contributed by atoms with van der Waals surface area (Å²) in [7, 11) is 0. The molecule has 4 aromatic carbocycles. The molecule has 40 heavy (non-hydrogen) atoms. The van der Waals surface area contributed by atoms with Crippen molar-refractivity contribution < 1.29 is 9.90 Å². The van der Waals surface area contributed by atoms with E-state index in [1.807, 2.05) is 12.2 Å². The number of carbonyl (C=O) groups excluding carboxylic acids is 1. The van der Waals surface area contributed by atoms with Gasteiger partial charge in [0.15, 0.2) is 5.78 Å². The molecule has 4 heteroatoms. The van der Waals surface area contributed by atoms with Crippen LogP contribution in [0.4, 0.5) is 5.69 Å². The summed E-state index contributed by atoms with van der Waals surface area (Å²) < 4.78 is 2.29. The summed E-state index contributed by atoms with van der Waals surface area (Å²) in [5, 5.41) is 20.5. The highest BCUT2D eigenvalue weighted by molar-refractivity contribution is 6.24. The van der Waals surface area contributed by atoms with Gasteiger partial charge < -0.3 is 14.6 Å². The van der Waals surface area contributed by atoms with Crippen LogP contribution in [0.15, 0.2) is 95.8 Å². The van der Waals surface area contributed by atoms with E-state index in [2.05, 4.69) is 96.1 Å². The Bertz CT molecular complexity index is 1910. The Kier molecular flexibility index (Phi) is 6.00. The molecule has 5 aromatic rings. The van der Waals surface area contributed by atoms with Crippen molar-refractivity contribution in [2.45, 2.75) is 52.1 Å². The molecule has 1 aliphatic heterocycles. The van der Waals surface area contributed by atoms with Crippen molar-refractivity contribution in [2.24, 2.45) is 0 Å². The van der Waals surface area contributed by atoms with E-state index in [0.717, 1.165) is 55.0 Å². The van der Waals surface area contributed by atoms with Crippen molar-refractivity contribution in [2.75, 3.05) is 11.4 Å². The van der Waals surface area contributed by atoms with Gasteiger partial charge in [0.1, 0.15) is 0 Å². The number of unbranched alkanes of at least 4 members (excludes halogenated alkanes) is 2. The van der Waals surface area contributed by atoms with Crippen LogP contribution in [0.25, 0.3) is 38.5 Å². The minimum atomic E-state index is -0.144. The minimum Gasteiger partial charge on any atom is -0.871 e. The maximum Gasteiger partial charge on any atom is 0.191 e. The number of ketones is 1. The molecular weight excluding hydrogens is 492 g/mol. The molecule has 1 aromatic heterocycles. The quantitative estimate of drug-likeness (QED) is 0.211. The molecule has 1 unspecified atom stereocenters. The number of anilines is 1. The normalized spacial score (nSPS) is 18.3. The topological polar surface area (TPSA) is 48.3 Å². The van der Waals surface area contributed by atoms with Crippen LogP contribution in [0.2, 0.25) is 0 Å². The molecule has 2 aliphatic rings. The SMILES string of the molecule is CCCCN1c2cccc3cccc(c23)C1/C=C1\C(=O)C(/C=c2\c3cccc4cccc(c43)n2CCCC)=C1[O-]. The Labute approximate surface area is 234 Å². The number of hydrogen-bond donors (Lipinski definition) is 0. The summed E-state index contributed by atoms with van der Waals surface area (Å²) in [5.74, 6) is -0.288. The summed E-state index contributed by atoms with van der Waals surface area (Å²) in [6.07, 6.45) is 8.02. The average molecular weight is 526 g/mol. The molecule has 1 aliphatic carbocycles. The Hall–Kier alpha value is -4.31. The van der Waals surface area contributed by atoms with Crippen LogP contribution in [-0.2, 0) is 11.3 Å². The third-order valence-electron chi connectivity index (χ3n) is 8.69. The lowest BCUT2D eigenvalue weighted by Crippen LogP contribution is -2.33. The third kappa shape index (κ3) is 3.62. The van der Waals surface area contributed by atoms with Gasteiger partial charge in [0.05, 0.1) is 6.04 Å². The number of nitrogens with zero attached hydrogens (tertiary/aromatic N) is 2. The fourth-order valence-electron chi connectivity index (χ4n) is 6.68. The first-order chi connectivity index (χ1) is 19.6. The molecule has 2 heterocycles. The van der Waals surface area contributed by atoms with E-state index in [9.17, 15) is 9.90 Å². The molecule has 0 saturated carbocycles. The Morgan fingerprint density at radius 1 is 0.825 bits per heavy atom. The van der Waals surface area contributed by atoms with E-state index in [1.54, 1.807) is 0 Å². The fourth-order valence-corrected chi connectivity index (χ4v) is 6.68. The molecule has 0 radical (unpaired) electrons. The number of aromatic nitrogens is 1. The first kappa shape index (κ1) is 24.7. The number of aryl methyl sites for hydroxylation is 1. The molecule has 0 fully saturated rings. The molecular formula is C36H33N2O2-. The summed E-state index contributed by atoms with van der Waals surface area (Å²) in [6.45, 7) is 6.11. The van der Waals surface area contributed by atoms with E-state index in [1.165, 1.54) is 32.8 Å². The first-order valence-corrected chi connectivity index (χ1v) is 14.6. The smallest absolute Gasteiger partial charge is 0.191 e. The Morgan fingerprint density at radius 2 is 1.50 bits per heavy atom. The second-order valence-corrected chi connectivity index (χ2v) is 11.1. The second-order valence-electron chi connectivity index (χ2n) is 11.1. The number of hydrogen-bond acceptors (Lipinski definition) is 3. The van der Waals surface area contributed by atoms with Gasteiger partial charge in [0.25, 0.3) is 0 Å². The molecule has 4 nitrogen and oxygen atoms in total. The van der Waals surface area contributed by atoms with Crippen LogP contribution in [0.3, 0.4) is 0 Å². The van der Waals surface area contributed by atoms with Gasteiger partial charge in [-0.05, 0) is 53.5 Å². The number of rotatable bonds is 8. The summed E-state index contributed by atoms with van der Waals surface area (Å²) >= 11 is 0. The molecule has 200 valence electrons. The van der Waals surface area contributed by atoms with Crippen molar-refractivity contribution in [3.63, 3.8) is 0 Å². The van der Waals surface area contributed by atoms with Crippen LogP contribution in [-0.4, -0.2) is 16.9 Å². The van der Waals surface area contributed by atoms with Gasteiger partial charge in [0.2, 0.25) is 0 Å². The van der Waals surface area contributed by atoms with E-state index >= 15 is 0 Å². The van der Waals surface area contributed by atoms with Crippen LogP contribution >= 0.6 is 0 Å². The molecule has 0 amide bonds. The van der Waals surface area contributed by atoms with Crippen molar-refractivity contribution in [3.05, 3.63) is 107 Å². The fraction of sp³-hybridized carbons (Fsp3) is 0.250. The van der Waals surface area contributed by atoms with Crippen LogP contribution in [0.5, 0.6) is 0 Å². The van der Waals surface area contributed by atoms with Crippen molar-refractivity contribution in [1.29, 1.82) is 0 Å². The van der Waals surface area contributed by atoms with Crippen molar-refractivity contribution >= 4 is 50.0 Å². The number of allylic oxidation sites excluding steroid dienone is 2. The van der Waals surface area contributed by atoms with E-state index < -0.39 is 0 Å². The van der Waals surface area contributed by atoms with Gasteiger partial charge in [-0.3, -0.25) is 4.79 Å². The summed E-state index contributed by atoms with van der Waals surface area (Å²) in [4.78, 5) is 16.0. The zero-order valence-corrected chi connectivity index (χ0v) is 23.1. The van der Waals surface area contributed by atoms with Crippen LogP contribution < -0.4 is 15.4 Å². The zero-order chi connectivity index (χ0) is 27.4.